The first-order chi connectivity index (χ1) is 10.3. The quantitative estimate of drug-likeness (QED) is 0.865. The van der Waals surface area contributed by atoms with Gasteiger partial charge in [-0.2, -0.15) is 16.4 Å². The Morgan fingerprint density at radius 2 is 2.38 bits per heavy atom. The van der Waals surface area contributed by atoms with E-state index in [0.717, 1.165) is 24.3 Å². The van der Waals surface area contributed by atoms with E-state index in [4.69, 9.17) is 4.74 Å². The summed E-state index contributed by atoms with van der Waals surface area (Å²) in [5.74, 6) is 0.451. The monoisotopic (exact) mass is 305 g/mol. The smallest absolute Gasteiger partial charge is 0.227 e. The van der Waals surface area contributed by atoms with E-state index in [9.17, 15) is 4.79 Å². The average Bonchev–Trinajstić information content (AvgIpc) is 3.08. The highest BCUT2D eigenvalue weighted by Crippen LogP contribution is 2.18. The molecule has 0 aliphatic carbocycles. The van der Waals surface area contributed by atoms with Crippen molar-refractivity contribution in [2.75, 3.05) is 20.3 Å². The van der Waals surface area contributed by atoms with Crippen LogP contribution < -0.4 is 0 Å². The predicted molar refractivity (Wildman–Crippen MR) is 81.0 cm³/mol. The second-order valence-corrected chi connectivity index (χ2v) is 6.19. The second kappa shape index (κ2) is 6.41. The van der Waals surface area contributed by atoms with Gasteiger partial charge in [-0.15, -0.1) is 0 Å². The number of nitrogens with zero attached hydrogens (tertiary/aromatic N) is 3. The maximum atomic E-state index is 12.6. The zero-order chi connectivity index (χ0) is 14.7. The number of rotatable bonds is 4. The molecule has 21 heavy (non-hydrogen) atoms. The van der Waals surface area contributed by atoms with Crippen molar-refractivity contribution in [1.29, 1.82) is 0 Å². The number of fused-ring (bicyclic) bond motifs is 1. The molecule has 2 aromatic rings. The molecule has 6 heteroatoms. The summed E-state index contributed by atoms with van der Waals surface area (Å²) < 4.78 is 7.27. The van der Waals surface area contributed by atoms with Crippen LogP contribution in [0.15, 0.2) is 29.1 Å². The van der Waals surface area contributed by atoms with Crippen LogP contribution in [0.25, 0.3) is 0 Å². The lowest BCUT2D eigenvalue weighted by Crippen LogP contribution is -2.36. The Hall–Kier alpha value is -1.66. The van der Waals surface area contributed by atoms with Crippen LogP contribution in [0.2, 0.25) is 0 Å². The third-order valence-corrected chi connectivity index (χ3v) is 4.49. The van der Waals surface area contributed by atoms with Gasteiger partial charge in [-0.25, -0.2) is 0 Å². The minimum atomic E-state index is 0.171. The van der Waals surface area contributed by atoms with Crippen LogP contribution in [0, 0.1) is 5.92 Å². The summed E-state index contributed by atoms with van der Waals surface area (Å²) in [6.45, 7) is 2.79. The summed E-state index contributed by atoms with van der Waals surface area (Å²) in [4.78, 5) is 14.5. The zero-order valence-electron chi connectivity index (χ0n) is 12.1. The molecule has 1 atom stereocenters. The number of aromatic nitrogens is 2. The molecule has 112 valence electrons. The molecule has 0 spiro atoms. The van der Waals surface area contributed by atoms with Gasteiger partial charge < -0.3 is 9.64 Å². The highest BCUT2D eigenvalue weighted by molar-refractivity contribution is 7.07. The molecule has 5 nitrogen and oxygen atoms in total. The summed E-state index contributed by atoms with van der Waals surface area (Å²) in [5.41, 5.74) is 2.18. The van der Waals surface area contributed by atoms with Crippen molar-refractivity contribution in [3.63, 3.8) is 0 Å². The van der Waals surface area contributed by atoms with Crippen molar-refractivity contribution in [3.8, 4) is 0 Å². The highest BCUT2D eigenvalue weighted by Gasteiger charge is 2.25. The van der Waals surface area contributed by atoms with Crippen molar-refractivity contribution in [2.24, 2.45) is 5.92 Å². The first kappa shape index (κ1) is 14.3. The van der Waals surface area contributed by atoms with Crippen LogP contribution in [0.1, 0.15) is 11.3 Å². The largest absolute Gasteiger partial charge is 0.384 e. The molecule has 3 heterocycles. The summed E-state index contributed by atoms with van der Waals surface area (Å²) in [7, 11) is 1.70. The number of amides is 1. The van der Waals surface area contributed by atoms with Gasteiger partial charge in [0.1, 0.15) is 0 Å². The lowest BCUT2D eigenvalue weighted by atomic mass is 10.1. The van der Waals surface area contributed by atoms with E-state index in [1.54, 1.807) is 24.6 Å². The Kier molecular flexibility index (Phi) is 4.36. The van der Waals surface area contributed by atoms with E-state index >= 15 is 0 Å². The van der Waals surface area contributed by atoms with E-state index in [2.05, 4.69) is 5.10 Å². The number of thiophene rings is 1. The molecule has 0 aromatic carbocycles. The topological polar surface area (TPSA) is 47.4 Å². The molecule has 1 aliphatic heterocycles. The number of hydrogen-bond acceptors (Lipinski definition) is 4. The lowest BCUT2D eigenvalue weighted by molar-refractivity contribution is -0.131. The van der Waals surface area contributed by atoms with Crippen molar-refractivity contribution in [2.45, 2.75) is 19.5 Å². The van der Waals surface area contributed by atoms with Crippen LogP contribution in [0.4, 0.5) is 0 Å². The van der Waals surface area contributed by atoms with Gasteiger partial charge in [-0.05, 0) is 28.5 Å². The van der Waals surface area contributed by atoms with Crippen molar-refractivity contribution in [3.05, 3.63) is 40.3 Å². The van der Waals surface area contributed by atoms with E-state index in [0.29, 0.717) is 19.6 Å². The maximum Gasteiger partial charge on any atom is 0.227 e. The molecule has 0 unspecified atom stereocenters. The first-order valence-corrected chi connectivity index (χ1v) is 7.99. The van der Waals surface area contributed by atoms with Gasteiger partial charge in [-0.1, -0.05) is 0 Å². The minimum absolute atomic E-state index is 0.171. The van der Waals surface area contributed by atoms with Crippen molar-refractivity contribution >= 4 is 17.2 Å². The zero-order valence-corrected chi connectivity index (χ0v) is 12.9. The van der Waals surface area contributed by atoms with E-state index in [1.165, 1.54) is 0 Å². The standard InChI is InChI=1S/C15H19N3O2S/c1-20-10-13-7-17(9-14-2-4-16-18(14)8-13)15(19)6-12-3-5-21-11-12/h2-5,11,13H,6-10H2,1H3/t13-/m1/s1. The van der Waals surface area contributed by atoms with Gasteiger partial charge in [0, 0.05) is 32.3 Å². The van der Waals surface area contributed by atoms with E-state index < -0.39 is 0 Å². The highest BCUT2D eigenvalue weighted by atomic mass is 32.1. The summed E-state index contributed by atoms with van der Waals surface area (Å²) in [5, 5.41) is 8.39. The number of carbonyl (C=O) groups excluding carboxylic acids is 1. The van der Waals surface area contributed by atoms with Gasteiger partial charge in [-0.3, -0.25) is 9.48 Å². The molecule has 1 amide bonds. The molecular weight excluding hydrogens is 286 g/mol. The number of hydrogen-bond donors (Lipinski definition) is 0. The number of carbonyl (C=O) groups is 1. The Morgan fingerprint density at radius 3 is 3.14 bits per heavy atom. The van der Waals surface area contributed by atoms with Crippen LogP contribution in [-0.2, 0) is 29.0 Å². The fourth-order valence-corrected chi connectivity index (χ4v) is 3.41. The van der Waals surface area contributed by atoms with Crippen molar-refractivity contribution < 1.29 is 9.53 Å². The molecule has 2 aromatic heterocycles. The number of ether oxygens (including phenoxy) is 1. The average molecular weight is 305 g/mol. The summed E-state index contributed by atoms with van der Waals surface area (Å²) >= 11 is 1.63. The fourth-order valence-electron chi connectivity index (χ4n) is 2.74. The van der Waals surface area contributed by atoms with E-state index in [-0.39, 0.29) is 11.8 Å². The van der Waals surface area contributed by atoms with Crippen molar-refractivity contribution in [1.82, 2.24) is 14.7 Å². The van der Waals surface area contributed by atoms with Gasteiger partial charge in [0.15, 0.2) is 0 Å². The summed E-state index contributed by atoms with van der Waals surface area (Å²) in [6, 6.07) is 4.00. The predicted octanol–water partition coefficient (Wildman–Crippen LogP) is 1.79. The molecular formula is C15H19N3O2S. The Bertz CT molecular complexity index is 594. The molecule has 0 bridgehead atoms. The van der Waals surface area contributed by atoms with Crippen LogP contribution in [-0.4, -0.2) is 40.8 Å². The number of methoxy groups -OCH3 is 1. The van der Waals surface area contributed by atoms with Gasteiger partial charge in [0.2, 0.25) is 5.91 Å². The first-order valence-electron chi connectivity index (χ1n) is 7.04. The minimum Gasteiger partial charge on any atom is -0.384 e. The Labute approximate surface area is 128 Å². The molecule has 0 fully saturated rings. The van der Waals surface area contributed by atoms with Gasteiger partial charge in [0.05, 0.1) is 25.3 Å². The van der Waals surface area contributed by atoms with Gasteiger partial charge in [0.25, 0.3) is 0 Å². The molecule has 0 N–H and O–H groups in total. The van der Waals surface area contributed by atoms with Crippen LogP contribution >= 0.6 is 11.3 Å². The second-order valence-electron chi connectivity index (χ2n) is 5.41. The molecule has 0 radical (unpaired) electrons. The normalized spacial score (nSPS) is 18.3. The fraction of sp³-hybridized carbons (Fsp3) is 0.467. The molecule has 3 rings (SSSR count). The van der Waals surface area contributed by atoms with E-state index in [1.807, 2.05) is 32.5 Å². The Balaban J connectivity index is 1.75. The lowest BCUT2D eigenvalue weighted by Gasteiger charge is -2.23. The Morgan fingerprint density at radius 1 is 1.48 bits per heavy atom. The molecule has 0 saturated heterocycles. The summed E-state index contributed by atoms with van der Waals surface area (Å²) in [6.07, 6.45) is 2.27. The van der Waals surface area contributed by atoms with Crippen LogP contribution in [0.3, 0.4) is 0 Å². The SMILES string of the molecule is COC[C@@H]1CN(C(=O)Cc2ccsc2)Cc2ccnn2C1. The molecule has 1 aliphatic rings. The van der Waals surface area contributed by atoms with Gasteiger partial charge >= 0.3 is 0 Å². The third-order valence-electron chi connectivity index (χ3n) is 3.76. The third kappa shape index (κ3) is 3.33. The maximum absolute atomic E-state index is 12.6. The van der Waals surface area contributed by atoms with Crippen LogP contribution in [0.5, 0.6) is 0 Å². The molecule has 0 saturated carbocycles.